The van der Waals surface area contributed by atoms with Crippen molar-refractivity contribution < 1.29 is 17.9 Å². The molecule has 0 heterocycles. The first-order valence-corrected chi connectivity index (χ1v) is 11.2. The number of nitrogens with one attached hydrogen (secondary N) is 2. The summed E-state index contributed by atoms with van der Waals surface area (Å²) in [4.78, 5) is 13.3. The zero-order valence-electron chi connectivity index (χ0n) is 15.6. The molecule has 0 atom stereocenters. The minimum absolute atomic E-state index is 0.163. The molecule has 0 spiro atoms. The van der Waals surface area contributed by atoms with Crippen molar-refractivity contribution in [1.29, 1.82) is 0 Å². The van der Waals surface area contributed by atoms with E-state index in [1.165, 1.54) is 12.1 Å². The Morgan fingerprint density at radius 2 is 1.93 bits per heavy atom. The fourth-order valence-corrected chi connectivity index (χ4v) is 4.12. The van der Waals surface area contributed by atoms with Crippen molar-refractivity contribution in [2.45, 2.75) is 30.1 Å². The summed E-state index contributed by atoms with van der Waals surface area (Å²) in [6.45, 7) is 3.86. The van der Waals surface area contributed by atoms with Gasteiger partial charge in [-0.25, -0.2) is 13.1 Å². The van der Waals surface area contributed by atoms with Gasteiger partial charge in [0.15, 0.2) is 6.61 Å². The highest BCUT2D eigenvalue weighted by atomic mass is 32.2. The second-order valence-corrected chi connectivity index (χ2v) is 8.48. The van der Waals surface area contributed by atoms with Crippen molar-refractivity contribution in [3.05, 3.63) is 48.0 Å². The van der Waals surface area contributed by atoms with Gasteiger partial charge >= 0.3 is 0 Å². The van der Waals surface area contributed by atoms with E-state index < -0.39 is 10.0 Å². The Morgan fingerprint density at radius 3 is 2.59 bits per heavy atom. The number of carbonyl (C=O) groups excluding carboxylic acids is 1. The molecule has 0 saturated carbocycles. The predicted octanol–water partition coefficient (Wildman–Crippen LogP) is 3.42. The molecule has 0 aliphatic carbocycles. The molecule has 2 N–H and O–H groups in total. The van der Waals surface area contributed by atoms with Gasteiger partial charge in [0, 0.05) is 11.4 Å². The van der Waals surface area contributed by atoms with Crippen LogP contribution < -0.4 is 14.8 Å². The molecule has 2 rings (SSSR count). The van der Waals surface area contributed by atoms with Gasteiger partial charge in [-0.05, 0) is 55.5 Å². The van der Waals surface area contributed by atoms with Gasteiger partial charge in [-0.1, -0.05) is 19.1 Å². The number of hydrogen-bond acceptors (Lipinski definition) is 5. The fraction of sp³-hybridized carbons (Fsp3) is 0.316. The first kappa shape index (κ1) is 21.3. The summed E-state index contributed by atoms with van der Waals surface area (Å²) in [5.41, 5.74) is 1.38. The number of anilines is 1. The maximum Gasteiger partial charge on any atom is 0.262 e. The highest BCUT2D eigenvalue weighted by molar-refractivity contribution is 7.98. The van der Waals surface area contributed by atoms with E-state index in [9.17, 15) is 13.2 Å². The summed E-state index contributed by atoms with van der Waals surface area (Å²) in [7, 11) is -3.53. The van der Waals surface area contributed by atoms with Crippen LogP contribution in [0.5, 0.6) is 5.75 Å². The molecule has 0 aliphatic heterocycles. The fourth-order valence-electron chi connectivity index (χ4n) is 2.35. The van der Waals surface area contributed by atoms with Gasteiger partial charge in [-0.2, -0.15) is 0 Å². The largest absolute Gasteiger partial charge is 0.483 e. The highest BCUT2D eigenvalue weighted by Gasteiger charge is 2.15. The van der Waals surface area contributed by atoms with E-state index in [0.717, 1.165) is 10.6 Å². The lowest BCUT2D eigenvalue weighted by atomic mass is 10.2. The number of aryl methyl sites for hydroxylation is 1. The molecular formula is C19H24N2O4S2. The summed E-state index contributed by atoms with van der Waals surface area (Å²) in [5.74, 6) is 0.190. The SMILES string of the molecule is CCCNS(=O)(=O)c1ccc(OCC(=O)Nc2ccccc2SC)c(C)c1. The van der Waals surface area contributed by atoms with Gasteiger partial charge in [0.25, 0.3) is 5.91 Å². The lowest BCUT2D eigenvalue weighted by Crippen LogP contribution is -2.24. The van der Waals surface area contributed by atoms with Gasteiger partial charge in [-0.3, -0.25) is 4.79 Å². The average molecular weight is 409 g/mol. The molecule has 0 bridgehead atoms. The van der Waals surface area contributed by atoms with E-state index in [1.807, 2.05) is 37.4 Å². The number of sulfonamides is 1. The van der Waals surface area contributed by atoms with Crippen molar-refractivity contribution in [3.8, 4) is 5.75 Å². The van der Waals surface area contributed by atoms with Crippen LogP contribution in [0.3, 0.4) is 0 Å². The van der Waals surface area contributed by atoms with Crippen LogP contribution in [-0.4, -0.2) is 33.7 Å². The van der Waals surface area contributed by atoms with Crippen molar-refractivity contribution in [1.82, 2.24) is 4.72 Å². The minimum atomic E-state index is -3.53. The molecule has 0 aromatic heterocycles. The maximum atomic E-state index is 12.2. The lowest BCUT2D eigenvalue weighted by molar-refractivity contribution is -0.118. The van der Waals surface area contributed by atoms with Crippen LogP contribution in [0.2, 0.25) is 0 Å². The second-order valence-electron chi connectivity index (χ2n) is 5.86. The van der Waals surface area contributed by atoms with Gasteiger partial charge < -0.3 is 10.1 Å². The van der Waals surface area contributed by atoms with Crippen LogP contribution in [0.15, 0.2) is 52.3 Å². The predicted molar refractivity (Wildman–Crippen MR) is 109 cm³/mol. The maximum absolute atomic E-state index is 12.2. The molecule has 1 amide bonds. The Kier molecular flexibility index (Phi) is 7.70. The molecule has 0 unspecified atom stereocenters. The molecule has 0 fully saturated rings. The third kappa shape index (κ3) is 5.98. The van der Waals surface area contributed by atoms with Crippen LogP contribution in [0.25, 0.3) is 0 Å². The number of hydrogen-bond donors (Lipinski definition) is 2. The van der Waals surface area contributed by atoms with E-state index in [1.54, 1.807) is 24.8 Å². The molecule has 27 heavy (non-hydrogen) atoms. The number of carbonyl (C=O) groups is 1. The summed E-state index contributed by atoms with van der Waals surface area (Å²) in [6, 6.07) is 12.1. The number of amides is 1. The van der Waals surface area contributed by atoms with Gasteiger partial charge in [0.2, 0.25) is 10.0 Å². The zero-order chi connectivity index (χ0) is 19.9. The van der Waals surface area contributed by atoms with Crippen molar-refractivity contribution in [2.75, 3.05) is 24.7 Å². The number of thioether (sulfide) groups is 1. The standard InChI is InChI=1S/C19H24N2O4S2/c1-4-11-20-27(23,24)15-9-10-17(14(2)12-15)25-13-19(22)21-16-7-5-6-8-18(16)26-3/h5-10,12,20H,4,11,13H2,1-3H3,(H,21,22). The Bertz CT molecular complexity index is 898. The first-order chi connectivity index (χ1) is 12.9. The number of para-hydroxylation sites is 1. The molecule has 0 saturated heterocycles. The van der Waals surface area contributed by atoms with Gasteiger partial charge in [-0.15, -0.1) is 11.8 Å². The lowest BCUT2D eigenvalue weighted by Gasteiger charge is -2.12. The third-order valence-electron chi connectivity index (χ3n) is 3.74. The van der Waals surface area contributed by atoms with Gasteiger partial charge in [0.05, 0.1) is 10.6 Å². The minimum Gasteiger partial charge on any atom is -0.483 e. The van der Waals surface area contributed by atoms with E-state index in [2.05, 4.69) is 10.0 Å². The molecule has 0 radical (unpaired) electrons. The first-order valence-electron chi connectivity index (χ1n) is 8.53. The molecular weight excluding hydrogens is 384 g/mol. The van der Waals surface area contributed by atoms with E-state index in [0.29, 0.717) is 24.3 Å². The van der Waals surface area contributed by atoms with E-state index in [4.69, 9.17) is 4.74 Å². The van der Waals surface area contributed by atoms with E-state index in [-0.39, 0.29) is 17.4 Å². The Balaban J connectivity index is 2.00. The normalized spacial score (nSPS) is 11.2. The van der Waals surface area contributed by atoms with Crippen molar-refractivity contribution >= 4 is 33.4 Å². The number of ether oxygens (including phenoxy) is 1. The summed E-state index contributed by atoms with van der Waals surface area (Å²) in [6.07, 6.45) is 2.66. The third-order valence-corrected chi connectivity index (χ3v) is 5.99. The molecule has 2 aromatic rings. The molecule has 0 aliphatic rings. The Labute approximate surface area is 164 Å². The van der Waals surface area contributed by atoms with Crippen LogP contribution >= 0.6 is 11.8 Å². The summed E-state index contributed by atoms with van der Waals surface area (Å²) >= 11 is 1.55. The zero-order valence-corrected chi connectivity index (χ0v) is 17.2. The number of benzene rings is 2. The average Bonchev–Trinajstić information content (AvgIpc) is 2.65. The van der Waals surface area contributed by atoms with Gasteiger partial charge in [0.1, 0.15) is 5.75 Å². The molecule has 146 valence electrons. The monoisotopic (exact) mass is 408 g/mol. The molecule has 8 heteroatoms. The molecule has 2 aromatic carbocycles. The molecule has 6 nitrogen and oxygen atoms in total. The van der Waals surface area contributed by atoms with Crippen molar-refractivity contribution in [2.24, 2.45) is 0 Å². The van der Waals surface area contributed by atoms with Crippen LogP contribution in [0, 0.1) is 6.92 Å². The Morgan fingerprint density at radius 1 is 1.19 bits per heavy atom. The quantitative estimate of drug-likeness (QED) is 0.621. The van der Waals surface area contributed by atoms with E-state index >= 15 is 0 Å². The second kappa shape index (κ2) is 9.77. The van der Waals surface area contributed by atoms with Crippen molar-refractivity contribution in [3.63, 3.8) is 0 Å². The smallest absolute Gasteiger partial charge is 0.262 e. The van der Waals surface area contributed by atoms with Crippen LogP contribution in [-0.2, 0) is 14.8 Å². The highest BCUT2D eigenvalue weighted by Crippen LogP contribution is 2.25. The summed E-state index contributed by atoms with van der Waals surface area (Å²) < 4.78 is 32.4. The van der Waals surface area contributed by atoms with Crippen LogP contribution in [0.1, 0.15) is 18.9 Å². The topological polar surface area (TPSA) is 84.5 Å². The summed E-state index contributed by atoms with van der Waals surface area (Å²) in [5, 5.41) is 2.82. The number of rotatable bonds is 9. The Hall–Kier alpha value is -2.03. The van der Waals surface area contributed by atoms with Crippen LogP contribution in [0.4, 0.5) is 5.69 Å².